The standard InChI is InChI=1S/C17H23N3O3S/c21-17(20-14-6-7-15(20)11-18-9-8-14)12-2-1-3-16(10-12)24(22,23)19-13-4-5-13/h1-3,10,13-15,18-19H,4-9,11H2. The molecule has 3 fully saturated rings. The molecule has 24 heavy (non-hydrogen) atoms. The van der Waals surface area contributed by atoms with Crippen LogP contribution in [0.25, 0.3) is 0 Å². The molecule has 6 nitrogen and oxygen atoms in total. The quantitative estimate of drug-likeness (QED) is 0.853. The van der Waals surface area contributed by atoms with Crippen LogP contribution in [0.1, 0.15) is 42.5 Å². The van der Waals surface area contributed by atoms with Crippen molar-refractivity contribution in [2.75, 3.05) is 13.1 Å². The zero-order valence-corrected chi connectivity index (χ0v) is 14.4. The lowest BCUT2D eigenvalue weighted by Gasteiger charge is -2.28. The number of nitrogens with one attached hydrogen (secondary N) is 2. The van der Waals surface area contributed by atoms with Crippen LogP contribution >= 0.6 is 0 Å². The molecule has 2 aliphatic heterocycles. The van der Waals surface area contributed by atoms with Gasteiger partial charge in [-0.25, -0.2) is 13.1 Å². The zero-order chi connectivity index (χ0) is 16.7. The van der Waals surface area contributed by atoms with Crippen molar-refractivity contribution in [2.24, 2.45) is 0 Å². The smallest absolute Gasteiger partial charge is 0.254 e. The Kier molecular flexibility index (Phi) is 4.10. The van der Waals surface area contributed by atoms with E-state index in [1.54, 1.807) is 18.2 Å². The molecule has 2 atom stereocenters. The molecule has 7 heteroatoms. The van der Waals surface area contributed by atoms with E-state index in [-0.39, 0.29) is 28.9 Å². The van der Waals surface area contributed by atoms with Gasteiger partial charge in [0, 0.05) is 30.2 Å². The van der Waals surface area contributed by atoms with Gasteiger partial charge < -0.3 is 10.2 Å². The van der Waals surface area contributed by atoms with Gasteiger partial charge in [-0.15, -0.1) is 0 Å². The third-order valence-electron chi connectivity index (χ3n) is 5.18. The SMILES string of the molecule is O=C(c1cccc(S(=O)(=O)NC2CC2)c1)N1C2CCNCC1CC2. The minimum Gasteiger partial charge on any atom is -0.331 e. The number of carbonyl (C=O) groups is 1. The van der Waals surface area contributed by atoms with Crippen LogP contribution < -0.4 is 10.0 Å². The molecule has 2 bridgehead atoms. The number of nitrogens with zero attached hydrogens (tertiary/aromatic N) is 1. The Morgan fingerprint density at radius 3 is 2.71 bits per heavy atom. The van der Waals surface area contributed by atoms with Crippen LogP contribution in [0.15, 0.2) is 29.2 Å². The van der Waals surface area contributed by atoms with Crippen molar-refractivity contribution >= 4 is 15.9 Å². The van der Waals surface area contributed by atoms with Crippen LogP contribution in [-0.4, -0.2) is 50.4 Å². The predicted octanol–water partition coefficient (Wildman–Crippen LogP) is 1.09. The average molecular weight is 349 g/mol. The molecule has 3 aliphatic rings. The van der Waals surface area contributed by atoms with Crippen LogP contribution in [0.5, 0.6) is 0 Å². The highest BCUT2D eigenvalue weighted by atomic mass is 32.2. The lowest BCUT2D eigenvalue weighted by Crippen LogP contribution is -2.42. The van der Waals surface area contributed by atoms with E-state index in [0.717, 1.165) is 45.2 Å². The van der Waals surface area contributed by atoms with E-state index in [9.17, 15) is 13.2 Å². The molecule has 130 valence electrons. The van der Waals surface area contributed by atoms with Crippen molar-refractivity contribution in [1.82, 2.24) is 14.9 Å². The third-order valence-corrected chi connectivity index (χ3v) is 6.70. The summed E-state index contributed by atoms with van der Waals surface area (Å²) in [5.74, 6) is -0.0466. The van der Waals surface area contributed by atoms with Gasteiger partial charge in [0.1, 0.15) is 0 Å². The first-order valence-corrected chi connectivity index (χ1v) is 10.2. The number of rotatable bonds is 4. The molecule has 1 aromatic rings. The third kappa shape index (κ3) is 3.08. The molecule has 2 heterocycles. The summed E-state index contributed by atoms with van der Waals surface area (Å²) in [6, 6.07) is 6.99. The van der Waals surface area contributed by atoms with Gasteiger partial charge in [-0.05, 0) is 56.8 Å². The first-order chi connectivity index (χ1) is 11.5. The van der Waals surface area contributed by atoms with Crippen molar-refractivity contribution in [3.8, 4) is 0 Å². The summed E-state index contributed by atoms with van der Waals surface area (Å²) >= 11 is 0. The van der Waals surface area contributed by atoms with Crippen LogP contribution in [-0.2, 0) is 10.0 Å². The Bertz CT molecular complexity index is 731. The first kappa shape index (κ1) is 16.1. The molecule has 1 amide bonds. The fourth-order valence-electron chi connectivity index (χ4n) is 3.75. The number of amides is 1. The van der Waals surface area contributed by atoms with Crippen LogP contribution in [0.2, 0.25) is 0 Å². The van der Waals surface area contributed by atoms with Gasteiger partial charge in [0.05, 0.1) is 4.90 Å². The van der Waals surface area contributed by atoms with Gasteiger partial charge in [0.25, 0.3) is 5.91 Å². The number of fused-ring (bicyclic) bond motifs is 2. The van der Waals surface area contributed by atoms with Gasteiger partial charge in [-0.3, -0.25) is 4.79 Å². The van der Waals surface area contributed by atoms with E-state index in [1.165, 1.54) is 6.07 Å². The Morgan fingerprint density at radius 1 is 1.12 bits per heavy atom. The Labute approximate surface area is 142 Å². The maximum Gasteiger partial charge on any atom is 0.254 e. The molecular formula is C17H23N3O3S. The number of benzene rings is 1. The summed E-state index contributed by atoms with van der Waals surface area (Å²) in [6.07, 6.45) is 4.80. The maximum atomic E-state index is 13.0. The lowest BCUT2D eigenvalue weighted by atomic mass is 10.1. The van der Waals surface area contributed by atoms with E-state index in [1.807, 2.05) is 4.90 Å². The Balaban J connectivity index is 1.60. The van der Waals surface area contributed by atoms with E-state index in [4.69, 9.17) is 0 Å². The molecule has 1 aromatic carbocycles. The second-order valence-electron chi connectivity index (χ2n) is 7.01. The molecule has 4 rings (SSSR count). The lowest BCUT2D eigenvalue weighted by molar-refractivity contribution is 0.0680. The van der Waals surface area contributed by atoms with Gasteiger partial charge >= 0.3 is 0 Å². The van der Waals surface area contributed by atoms with Crippen LogP contribution in [0, 0.1) is 0 Å². The van der Waals surface area contributed by atoms with E-state index < -0.39 is 10.0 Å². The molecule has 0 spiro atoms. The van der Waals surface area contributed by atoms with E-state index >= 15 is 0 Å². The summed E-state index contributed by atoms with van der Waals surface area (Å²) in [5, 5.41) is 3.38. The number of hydrogen-bond acceptors (Lipinski definition) is 4. The molecular weight excluding hydrogens is 326 g/mol. The second-order valence-corrected chi connectivity index (χ2v) is 8.73. The fraction of sp³-hybridized carbons (Fsp3) is 0.588. The highest BCUT2D eigenvalue weighted by Gasteiger charge is 2.38. The largest absolute Gasteiger partial charge is 0.331 e. The summed E-state index contributed by atoms with van der Waals surface area (Å²) in [6.45, 7) is 1.76. The van der Waals surface area contributed by atoms with Crippen molar-refractivity contribution in [3.63, 3.8) is 0 Å². The minimum absolute atomic E-state index is 0.0466. The Hall–Kier alpha value is -1.44. The topological polar surface area (TPSA) is 78.5 Å². The first-order valence-electron chi connectivity index (χ1n) is 8.70. The van der Waals surface area contributed by atoms with E-state index in [0.29, 0.717) is 5.56 Å². The number of carbonyl (C=O) groups excluding carboxylic acids is 1. The van der Waals surface area contributed by atoms with Crippen LogP contribution in [0.3, 0.4) is 0 Å². The number of sulfonamides is 1. The van der Waals surface area contributed by atoms with Crippen molar-refractivity contribution in [1.29, 1.82) is 0 Å². The summed E-state index contributed by atoms with van der Waals surface area (Å²) in [5.41, 5.74) is 0.465. The average Bonchev–Trinajstić information content (AvgIpc) is 3.29. The minimum atomic E-state index is -3.54. The summed E-state index contributed by atoms with van der Waals surface area (Å²) in [7, 11) is -3.54. The van der Waals surface area contributed by atoms with Crippen molar-refractivity contribution in [3.05, 3.63) is 29.8 Å². The molecule has 0 aromatic heterocycles. The monoisotopic (exact) mass is 349 g/mol. The normalized spacial score (nSPS) is 27.1. The number of hydrogen-bond donors (Lipinski definition) is 2. The second kappa shape index (κ2) is 6.13. The molecule has 2 N–H and O–H groups in total. The van der Waals surface area contributed by atoms with Gasteiger partial charge in [-0.2, -0.15) is 0 Å². The van der Waals surface area contributed by atoms with Gasteiger partial charge in [0.2, 0.25) is 10.0 Å². The molecule has 0 radical (unpaired) electrons. The highest BCUT2D eigenvalue weighted by Crippen LogP contribution is 2.30. The van der Waals surface area contributed by atoms with E-state index in [2.05, 4.69) is 10.0 Å². The highest BCUT2D eigenvalue weighted by molar-refractivity contribution is 7.89. The van der Waals surface area contributed by atoms with Crippen molar-refractivity contribution in [2.45, 2.75) is 55.1 Å². The van der Waals surface area contributed by atoms with Gasteiger partial charge in [-0.1, -0.05) is 6.07 Å². The molecule has 2 saturated heterocycles. The van der Waals surface area contributed by atoms with Gasteiger partial charge in [0.15, 0.2) is 0 Å². The zero-order valence-electron chi connectivity index (χ0n) is 13.6. The molecule has 1 saturated carbocycles. The maximum absolute atomic E-state index is 13.0. The molecule has 2 unspecified atom stereocenters. The van der Waals surface area contributed by atoms with Crippen LogP contribution in [0.4, 0.5) is 0 Å². The fourth-order valence-corrected chi connectivity index (χ4v) is 5.10. The Morgan fingerprint density at radius 2 is 1.92 bits per heavy atom. The molecule has 1 aliphatic carbocycles. The summed E-state index contributed by atoms with van der Waals surface area (Å²) in [4.78, 5) is 15.2. The summed E-state index contributed by atoms with van der Waals surface area (Å²) < 4.78 is 27.4. The predicted molar refractivity (Wildman–Crippen MR) is 90.3 cm³/mol. The van der Waals surface area contributed by atoms with Crippen molar-refractivity contribution < 1.29 is 13.2 Å².